The molecule has 0 fully saturated rings. The highest BCUT2D eigenvalue weighted by Crippen LogP contribution is 2.25. The highest BCUT2D eigenvalue weighted by Gasteiger charge is 2.26. The van der Waals surface area contributed by atoms with Crippen LogP contribution in [0.25, 0.3) is 22.4 Å². The van der Waals surface area contributed by atoms with Gasteiger partial charge in [-0.15, -0.1) is 0 Å². The zero-order chi connectivity index (χ0) is 17.0. The van der Waals surface area contributed by atoms with Gasteiger partial charge in [0.25, 0.3) is 0 Å². The lowest BCUT2D eigenvalue weighted by Gasteiger charge is -2.06. The van der Waals surface area contributed by atoms with Gasteiger partial charge in [-0.25, -0.2) is 0 Å². The predicted octanol–water partition coefficient (Wildman–Crippen LogP) is 4.95. The lowest BCUT2D eigenvalue weighted by atomic mass is 10.0. The average Bonchev–Trinajstić information content (AvgIpc) is 3.04. The van der Waals surface area contributed by atoms with Crippen molar-refractivity contribution in [3.8, 4) is 22.4 Å². The van der Waals surface area contributed by atoms with Crippen molar-refractivity contribution in [1.82, 2.24) is 14.8 Å². The van der Waals surface area contributed by atoms with Crippen LogP contribution in [0.5, 0.6) is 0 Å². The van der Waals surface area contributed by atoms with Gasteiger partial charge >= 0.3 is 6.18 Å². The first-order valence-electron chi connectivity index (χ1n) is 7.62. The molecule has 0 saturated carbocycles. The van der Waals surface area contributed by atoms with Crippen LogP contribution in [0.2, 0.25) is 0 Å². The lowest BCUT2D eigenvalue weighted by Crippen LogP contribution is -2.09. The van der Waals surface area contributed by atoms with E-state index < -0.39 is 12.6 Å². The molecule has 0 aliphatic carbocycles. The molecule has 6 heteroatoms. The fourth-order valence-electron chi connectivity index (χ4n) is 2.47. The van der Waals surface area contributed by atoms with E-state index in [-0.39, 0.29) is 13.0 Å². The van der Waals surface area contributed by atoms with Crippen LogP contribution >= 0.6 is 0 Å². The Morgan fingerprint density at radius 2 is 1.75 bits per heavy atom. The molecule has 0 spiro atoms. The van der Waals surface area contributed by atoms with E-state index >= 15 is 0 Å². The summed E-state index contributed by atoms with van der Waals surface area (Å²) in [4.78, 5) is 4.11. The van der Waals surface area contributed by atoms with Crippen molar-refractivity contribution in [1.29, 1.82) is 0 Å². The van der Waals surface area contributed by atoms with Crippen LogP contribution in [0.3, 0.4) is 0 Å². The van der Waals surface area contributed by atoms with Gasteiger partial charge in [0.1, 0.15) is 0 Å². The number of pyridine rings is 1. The molecule has 124 valence electrons. The van der Waals surface area contributed by atoms with Crippen molar-refractivity contribution in [3.63, 3.8) is 0 Å². The molecule has 0 saturated heterocycles. The number of nitrogens with zero attached hydrogens (tertiary/aromatic N) is 3. The van der Waals surface area contributed by atoms with Gasteiger partial charge in [-0.2, -0.15) is 18.3 Å². The predicted molar refractivity (Wildman–Crippen MR) is 86.2 cm³/mol. The van der Waals surface area contributed by atoms with Gasteiger partial charge in [-0.3, -0.25) is 9.67 Å². The standard InChI is InChI=1S/C18H16F3N3/c19-18(20,21)8-3-10-24-11-7-17(23-24)15-5-1-4-14(12-15)16-6-2-9-22-13-16/h1-2,4-7,9,11-13H,3,8,10H2. The molecule has 0 bridgehead atoms. The van der Waals surface area contributed by atoms with Gasteiger partial charge in [0.05, 0.1) is 5.69 Å². The molecule has 0 unspecified atom stereocenters. The van der Waals surface area contributed by atoms with Gasteiger partial charge in [-0.05, 0) is 30.2 Å². The molecule has 3 rings (SSSR count). The Hall–Kier alpha value is -2.63. The summed E-state index contributed by atoms with van der Waals surface area (Å²) in [5.41, 5.74) is 3.69. The number of aromatic nitrogens is 3. The van der Waals surface area contributed by atoms with Gasteiger partial charge < -0.3 is 0 Å². The molecule has 0 N–H and O–H groups in total. The summed E-state index contributed by atoms with van der Waals surface area (Å²) in [7, 11) is 0. The van der Waals surface area contributed by atoms with E-state index in [0.717, 1.165) is 22.4 Å². The second-order valence-electron chi connectivity index (χ2n) is 5.51. The summed E-state index contributed by atoms with van der Waals surface area (Å²) in [5, 5.41) is 4.37. The van der Waals surface area contributed by atoms with E-state index in [1.54, 1.807) is 23.3 Å². The maximum Gasteiger partial charge on any atom is 0.389 e. The zero-order valence-electron chi connectivity index (χ0n) is 12.9. The molecule has 3 aromatic rings. The molecule has 0 atom stereocenters. The van der Waals surface area contributed by atoms with Gasteiger partial charge in [0.2, 0.25) is 0 Å². The molecule has 3 nitrogen and oxygen atoms in total. The molecular formula is C18H16F3N3. The first-order valence-corrected chi connectivity index (χ1v) is 7.62. The summed E-state index contributed by atoms with van der Waals surface area (Å²) in [6.45, 7) is 0.252. The molecule has 2 heterocycles. The fourth-order valence-corrected chi connectivity index (χ4v) is 2.47. The molecule has 0 amide bonds. The van der Waals surface area contributed by atoms with Gasteiger partial charge in [0.15, 0.2) is 0 Å². The number of rotatable bonds is 5. The Morgan fingerprint density at radius 1 is 0.958 bits per heavy atom. The lowest BCUT2D eigenvalue weighted by molar-refractivity contribution is -0.136. The van der Waals surface area contributed by atoms with Crippen molar-refractivity contribution >= 4 is 0 Å². The van der Waals surface area contributed by atoms with E-state index in [4.69, 9.17) is 0 Å². The number of hydrogen-bond donors (Lipinski definition) is 0. The zero-order valence-corrected chi connectivity index (χ0v) is 12.9. The Balaban J connectivity index is 1.73. The number of halogens is 3. The van der Waals surface area contributed by atoms with E-state index in [9.17, 15) is 13.2 Å². The van der Waals surface area contributed by atoms with Crippen molar-refractivity contribution in [2.75, 3.05) is 0 Å². The molecule has 0 aliphatic heterocycles. The van der Waals surface area contributed by atoms with Crippen LogP contribution < -0.4 is 0 Å². The monoisotopic (exact) mass is 331 g/mol. The Bertz CT molecular complexity index is 795. The van der Waals surface area contributed by atoms with Crippen molar-refractivity contribution in [3.05, 3.63) is 61.1 Å². The Morgan fingerprint density at radius 3 is 2.50 bits per heavy atom. The second-order valence-corrected chi connectivity index (χ2v) is 5.51. The van der Waals surface area contributed by atoms with Gasteiger partial charge in [-0.1, -0.05) is 24.3 Å². The summed E-state index contributed by atoms with van der Waals surface area (Å²) in [6.07, 6.45) is 0.334. The minimum Gasteiger partial charge on any atom is -0.272 e. The SMILES string of the molecule is FC(F)(F)CCCn1ccc(-c2cccc(-c3cccnc3)c2)n1. The van der Waals surface area contributed by atoms with E-state index in [1.807, 2.05) is 42.5 Å². The highest BCUT2D eigenvalue weighted by atomic mass is 19.4. The van der Waals surface area contributed by atoms with Crippen LogP contribution in [0.4, 0.5) is 13.2 Å². The third-order valence-corrected chi connectivity index (χ3v) is 3.64. The molecule has 2 aromatic heterocycles. The molecule has 24 heavy (non-hydrogen) atoms. The third-order valence-electron chi connectivity index (χ3n) is 3.64. The fraction of sp³-hybridized carbons (Fsp3) is 0.222. The summed E-state index contributed by atoms with van der Waals surface area (Å²) < 4.78 is 38.2. The van der Waals surface area contributed by atoms with E-state index in [0.29, 0.717) is 0 Å². The largest absolute Gasteiger partial charge is 0.389 e. The quantitative estimate of drug-likeness (QED) is 0.662. The second kappa shape index (κ2) is 6.86. The summed E-state index contributed by atoms with van der Waals surface area (Å²) in [6, 6.07) is 13.5. The van der Waals surface area contributed by atoms with Crippen LogP contribution in [0, 0.1) is 0 Å². The molecule has 0 aliphatic rings. The van der Waals surface area contributed by atoms with Gasteiger partial charge in [0, 0.05) is 42.7 Å². The first kappa shape index (κ1) is 16.2. The number of benzene rings is 1. The maximum atomic E-state index is 12.2. The molecule has 1 aromatic carbocycles. The topological polar surface area (TPSA) is 30.7 Å². The minimum atomic E-state index is -4.12. The van der Waals surface area contributed by atoms with Crippen LogP contribution in [0.15, 0.2) is 61.1 Å². The molecular weight excluding hydrogens is 315 g/mol. The van der Waals surface area contributed by atoms with E-state index in [1.165, 1.54) is 0 Å². The van der Waals surface area contributed by atoms with Crippen LogP contribution in [-0.2, 0) is 6.54 Å². The number of hydrogen-bond acceptors (Lipinski definition) is 2. The van der Waals surface area contributed by atoms with E-state index in [2.05, 4.69) is 10.1 Å². The first-order chi connectivity index (χ1) is 11.5. The maximum absolute atomic E-state index is 12.2. The Labute approximate surface area is 137 Å². The van der Waals surface area contributed by atoms with Crippen molar-refractivity contribution in [2.24, 2.45) is 0 Å². The highest BCUT2D eigenvalue weighted by molar-refractivity contribution is 5.70. The minimum absolute atomic E-state index is 0.0281. The van der Waals surface area contributed by atoms with Crippen LogP contribution in [0.1, 0.15) is 12.8 Å². The summed E-state index contributed by atoms with van der Waals surface area (Å²) in [5.74, 6) is 0. The smallest absolute Gasteiger partial charge is 0.272 e. The van der Waals surface area contributed by atoms with Crippen molar-refractivity contribution in [2.45, 2.75) is 25.6 Å². The number of alkyl halides is 3. The normalized spacial score (nSPS) is 11.6. The number of aryl methyl sites for hydroxylation is 1. The summed E-state index contributed by atoms with van der Waals surface area (Å²) >= 11 is 0. The Kier molecular flexibility index (Phi) is 4.64. The third kappa shape index (κ3) is 4.22. The van der Waals surface area contributed by atoms with Crippen molar-refractivity contribution < 1.29 is 13.2 Å². The van der Waals surface area contributed by atoms with Crippen LogP contribution in [-0.4, -0.2) is 20.9 Å². The molecule has 0 radical (unpaired) electrons. The average molecular weight is 331 g/mol.